The zero-order valence-corrected chi connectivity index (χ0v) is 18.9. The van der Waals surface area contributed by atoms with Crippen LogP contribution in [0.3, 0.4) is 0 Å². The van der Waals surface area contributed by atoms with Crippen LogP contribution in [-0.2, 0) is 0 Å². The summed E-state index contributed by atoms with van der Waals surface area (Å²) in [4.78, 5) is 17.7. The molecule has 0 unspecified atom stereocenters. The highest BCUT2D eigenvalue weighted by Crippen LogP contribution is 2.27. The highest BCUT2D eigenvalue weighted by molar-refractivity contribution is 7.99. The number of aliphatic hydroxyl groups excluding tert-OH is 1. The predicted molar refractivity (Wildman–Crippen MR) is 124 cm³/mol. The fraction of sp³-hybridized carbons (Fsp3) is 0.417. The van der Waals surface area contributed by atoms with Crippen LogP contribution >= 0.6 is 11.8 Å². The summed E-state index contributed by atoms with van der Waals surface area (Å²) in [7, 11) is 0. The first kappa shape index (κ1) is 22.4. The van der Waals surface area contributed by atoms with Gasteiger partial charge in [0.15, 0.2) is 5.16 Å². The number of hydrogen-bond acceptors (Lipinski definition) is 5. The summed E-state index contributed by atoms with van der Waals surface area (Å²) in [5.41, 5.74) is 1.77. The van der Waals surface area contributed by atoms with Crippen LogP contribution in [-0.4, -0.2) is 33.1 Å². The fourth-order valence-corrected chi connectivity index (χ4v) is 4.29. The van der Waals surface area contributed by atoms with Gasteiger partial charge in [-0.15, -0.1) is 0 Å². The van der Waals surface area contributed by atoms with Gasteiger partial charge in [0.05, 0.1) is 17.0 Å². The summed E-state index contributed by atoms with van der Waals surface area (Å²) in [6.07, 6.45) is 0.148. The third-order valence-corrected chi connectivity index (χ3v) is 6.28. The van der Waals surface area contributed by atoms with Gasteiger partial charge in [-0.2, -0.15) is 0 Å². The van der Waals surface area contributed by atoms with Crippen LogP contribution < -0.4 is 10.3 Å². The summed E-state index contributed by atoms with van der Waals surface area (Å²) < 4.78 is 7.63. The van der Waals surface area contributed by atoms with Crippen LogP contribution in [0.4, 0.5) is 0 Å². The Kier molecular flexibility index (Phi) is 7.56. The second-order valence-electron chi connectivity index (χ2n) is 7.81. The molecule has 5 nitrogen and oxygen atoms in total. The minimum atomic E-state index is -0.677. The van der Waals surface area contributed by atoms with Gasteiger partial charge in [0.2, 0.25) is 0 Å². The summed E-state index contributed by atoms with van der Waals surface area (Å²) in [6.45, 7) is 8.50. The maximum atomic E-state index is 13.0. The van der Waals surface area contributed by atoms with Crippen LogP contribution in [0.2, 0.25) is 0 Å². The second-order valence-corrected chi connectivity index (χ2v) is 8.80. The smallest absolute Gasteiger partial charge is 0.262 e. The molecule has 30 heavy (non-hydrogen) atoms. The quantitative estimate of drug-likeness (QED) is 0.384. The van der Waals surface area contributed by atoms with Crippen LogP contribution in [0.5, 0.6) is 5.75 Å². The van der Waals surface area contributed by atoms with Crippen molar-refractivity contribution >= 4 is 22.7 Å². The van der Waals surface area contributed by atoms with Crippen molar-refractivity contribution in [1.82, 2.24) is 9.55 Å². The molecular formula is C24H30N2O3S. The van der Waals surface area contributed by atoms with Crippen molar-refractivity contribution in [1.29, 1.82) is 0 Å². The van der Waals surface area contributed by atoms with Crippen LogP contribution in [0, 0.1) is 0 Å². The average molecular weight is 427 g/mol. The topological polar surface area (TPSA) is 64.3 Å². The molecule has 3 rings (SSSR count). The van der Waals surface area contributed by atoms with E-state index < -0.39 is 6.10 Å². The Labute approximate surface area is 182 Å². The lowest BCUT2D eigenvalue weighted by molar-refractivity contribution is 0.125. The molecule has 0 radical (unpaired) electrons. The van der Waals surface area contributed by atoms with E-state index in [0.29, 0.717) is 27.7 Å². The molecule has 3 aromatic rings. The van der Waals surface area contributed by atoms with E-state index >= 15 is 0 Å². The number of aromatic nitrogens is 2. The third-order valence-electron chi connectivity index (χ3n) is 5.18. The molecule has 0 aliphatic carbocycles. The van der Waals surface area contributed by atoms with E-state index in [1.54, 1.807) is 4.57 Å². The Morgan fingerprint density at radius 2 is 1.80 bits per heavy atom. The van der Waals surface area contributed by atoms with E-state index in [2.05, 4.69) is 20.8 Å². The molecule has 160 valence electrons. The van der Waals surface area contributed by atoms with E-state index in [1.807, 2.05) is 55.5 Å². The van der Waals surface area contributed by atoms with Crippen molar-refractivity contribution in [2.75, 3.05) is 12.4 Å². The summed E-state index contributed by atoms with van der Waals surface area (Å²) in [5.74, 6) is 1.54. The lowest BCUT2D eigenvalue weighted by Gasteiger charge is -2.19. The highest BCUT2D eigenvalue weighted by Gasteiger charge is 2.17. The van der Waals surface area contributed by atoms with Crippen molar-refractivity contribution in [3.05, 3.63) is 64.4 Å². The first-order chi connectivity index (χ1) is 14.4. The summed E-state index contributed by atoms with van der Waals surface area (Å²) in [6, 6.07) is 15.3. The van der Waals surface area contributed by atoms with Crippen molar-refractivity contribution < 1.29 is 9.84 Å². The maximum Gasteiger partial charge on any atom is 0.262 e. The van der Waals surface area contributed by atoms with Crippen molar-refractivity contribution in [2.45, 2.75) is 57.3 Å². The number of nitrogens with zero attached hydrogens (tertiary/aromatic N) is 2. The molecule has 1 aromatic heterocycles. The van der Waals surface area contributed by atoms with E-state index in [9.17, 15) is 9.90 Å². The van der Waals surface area contributed by atoms with E-state index in [-0.39, 0.29) is 18.2 Å². The van der Waals surface area contributed by atoms with Crippen LogP contribution in [0.25, 0.3) is 10.9 Å². The van der Waals surface area contributed by atoms with E-state index in [1.165, 1.54) is 11.8 Å². The Bertz CT molecular complexity index is 1050. The number of ether oxygens (including phenoxy) is 1. The normalized spacial score (nSPS) is 13.5. The molecule has 0 fully saturated rings. The zero-order valence-electron chi connectivity index (χ0n) is 18.0. The lowest BCUT2D eigenvalue weighted by Crippen LogP contribution is -2.27. The van der Waals surface area contributed by atoms with Gasteiger partial charge in [-0.05, 0) is 43.0 Å². The molecule has 2 atom stereocenters. The number of benzene rings is 2. The predicted octanol–water partition coefficient (Wildman–Crippen LogP) is 5.02. The molecule has 0 aliphatic rings. The molecule has 0 aliphatic heterocycles. The maximum absolute atomic E-state index is 13.0. The number of thioether (sulfide) groups is 1. The molecule has 6 heteroatoms. The standard InChI is InChI=1S/C24H30N2O3S/c1-5-17(4)26-23(28)20-11-6-8-12-21(20)25-24(26)30-15-18(27)14-29-22-13-9-7-10-19(22)16(2)3/h6-13,16-18,27H,5,14-15H2,1-4H3/t17-,18+/m0/s1. The largest absolute Gasteiger partial charge is 0.491 e. The first-order valence-electron chi connectivity index (χ1n) is 10.5. The monoisotopic (exact) mass is 426 g/mol. The van der Waals surface area contributed by atoms with Crippen LogP contribution in [0.15, 0.2) is 58.5 Å². The van der Waals surface area contributed by atoms with Gasteiger partial charge in [0.25, 0.3) is 5.56 Å². The Hall–Kier alpha value is -2.31. The third kappa shape index (κ3) is 5.05. The van der Waals surface area contributed by atoms with Gasteiger partial charge in [-0.25, -0.2) is 4.98 Å². The van der Waals surface area contributed by atoms with Gasteiger partial charge in [-0.1, -0.05) is 62.9 Å². The molecular weight excluding hydrogens is 396 g/mol. The molecule has 0 saturated heterocycles. The number of hydrogen-bond donors (Lipinski definition) is 1. The zero-order chi connectivity index (χ0) is 21.7. The molecule has 0 bridgehead atoms. The molecule has 0 amide bonds. The van der Waals surface area contributed by atoms with Gasteiger partial charge >= 0.3 is 0 Å². The number of aliphatic hydroxyl groups is 1. The van der Waals surface area contributed by atoms with Crippen molar-refractivity contribution in [2.24, 2.45) is 0 Å². The number of fused-ring (bicyclic) bond motifs is 1. The van der Waals surface area contributed by atoms with Gasteiger partial charge in [0.1, 0.15) is 12.4 Å². The Morgan fingerprint density at radius 1 is 1.10 bits per heavy atom. The molecule has 1 N–H and O–H groups in total. The second kappa shape index (κ2) is 10.1. The van der Waals surface area contributed by atoms with E-state index in [0.717, 1.165) is 17.7 Å². The van der Waals surface area contributed by atoms with Gasteiger partial charge in [-0.3, -0.25) is 9.36 Å². The van der Waals surface area contributed by atoms with Crippen LogP contribution in [0.1, 0.15) is 51.6 Å². The minimum absolute atomic E-state index is 0.0309. The Balaban J connectivity index is 1.74. The fourth-order valence-electron chi connectivity index (χ4n) is 3.29. The number of rotatable bonds is 9. The molecule has 0 saturated carbocycles. The molecule has 2 aromatic carbocycles. The SMILES string of the molecule is CC[C@H](C)n1c(SC[C@H](O)COc2ccccc2C(C)C)nc2ccccc2c1=O. The van der Waals surface area contributed by atoms with Gasteiger partial charge < -0.3 is 9.84 Å². The highest BCUT2D eigenvalue weighted by atomic mass is 32.2. The Morgan fingerprint density at radius 3 is 2.53 bits per heavy atom. The van der Waals surface area contributed by atoms with Gasteiger partial charge in [0, 0.05) is 11.8 Å². The van der Waals surface area contributed by atoms with E-state index in [4.69, 9.17) is 9.72 Å². The average Bonchev–Trinajstić information content (AvgIpc) is 2.76. The van der Waals surface area contributed by atoms with Crippen molar-refractivity contribution in [3.8, 4) is 5.75 Å². The lowest BCUT2D eigenvalue weighted by atomic mass is 10.0. The van der Waals surface area contributed by atoms with Crippen molar-refractivity contribution in [3.63, 3.8) is 0 Å². The summed E-state index contributed by atoms with van der Waals surface area (Å²) >= 11 is 1.40. The molecule has 1 heterocycles. The molecule has 0 spiro atoms. The number of para-hydroxylation sites is 2. The summed E-state index contributed by atoms with van der Waals surface area (Å²) in [5, 5.41) is 11.8. The first-order valence-corrected chi connectivity index (χ1v) is 11.4. The minimum Gasteiger partial charge on any atom is -0.491 e.